The summed E-state index contributed by atoms with van der Waals surface area (Å²) >= 11 is 0. The lowest BCUT2D eigenvalue weighted by molar-refractivity contribution is 0.158. The third-order valence-electron chi connectivity index (χ3n) is 3.36. The molecule has 1 aromatic rings. The predicted molar refractivity (Wildman–Crippen MR) is 82.6 cm³/mol. The standard InChI is InChI=1S/C15H30N4O/c1-6-8-16-10-14-9-15(20-17-14)12-19(7-2)13(3)11-18(4)5/h9,13,16H,6-8,10-12H2,1-5H3. The van der Waals surface area contributed by atoms with Gasteiger partial charge in [-0.2, -0.15) is 0 Å². The van der Waals surface area contributed by atoms with Crippen LogP contribution in [0.25, 0.3) is 0 Å². The van der Waals surface area contributed by atoms with Crippen LogP contribution in [-0.2, 0) is 13.1 Å². The Morgan fingerprint density at radius 3 is 2.70 bits per heavy atom. The molecule has 5 nitrogen and oxygen atoms in total. The van der Waals surface area contributed by atoms with Crippen molar-refractivity contribution in [2.45, 2.75) is 46.3 Å². The summed E-state index contributed by atoms with van der Waals surface area (Å²) in [6, 6.07) is 2.56. The highest BCUT2D eigenvalue weighted by atomic mass is 16.5. The quantitative estimate of drug-likeness (QED) is 0.665. The first-order valence-electron chi connectivity index (χ1n) is 7.60. The number of aromatic nitrogens is 1. The maximum Gasteiger partial charge on any atom is 0.151 e. The normalized spacial score (nSPS) is 13.3. The van der Waals surface area contributed by atoms with Gasteiger partial charge in [0.25, 0.3) is 0 Å². The predicted octanol–water partition coefficient (Wildman–Crippen LogP) is 1.95. The molecule has 0 saturated heterocycles. The number of hydrogen-bond donors (Lipinski definition) is 1. The molecule has 0 spiro atoms. The van der Waals surface area contributed by atoms with E-state index in [1.54, 1.807) is 0 Å². The van der Waals surface area contributed by atoms with Crippen LogP contribution in [0, 0.1) is 0 Å². The molecule has 0 amide bonds. The monoisotopic (exact) mass is 282 g/mol. The summed E-state index contributed by atoms with van der Waals surface area (Å²) in [6.07, 6.45) is 1.14. The lowest BCUT2D eigenvalue weighted by Gasteiger charge is -2.28. The molecular weight excluding hydrogens is 252 g/mol. The number of likely N-dealkylation sites (N-methyl/N-ethyl adjacent to an activating group) is 2. The minimum Gasteiger partial charge on any atom is -0.360 e. The third-order valence-corrected chi connectivity index (χ3v) is 3.36. The van der Waals surface area contributed by atoms with E-state index < -0.39 is 0 Å². The van der Waals surface area contributed by atoms with Gasteiger partial charge in [0.1, 0.15) is 0 Å². The van der Waals surface area contributed by atoms with Crippen LogP contribution in [0.2, 0.25) is 0 Å². The Balaban J connectivity index is 2.48. The highest BCUT2D eigenvalue weighted by molar-refractivity contribution is 5.05. The second-order valence-electron chi connectivity index (χ2n) is 5.64. The molecule has 0 aliphatic carbocycles. The van der Waals surface area contributed by atoms with E-state index in [4.69, 9.17) is 4.52 Å². The van der Waals surface area contributed by atoms with Crippen LogP contribution in [-0.4, -0.2) is 54.7 Å². The highest BCUT2D eigenvalue weighted by Gasteiger charge is 2.15. The van der Waals surface area contributed by atoms with Crippen LogP contribution in [0.3, 0.4) is 0 Å². The average molecular weight is 282 g/mol. The van der Waals surface area contributed by atoms with E-state index in [0.717, 1.165) is 50.6 Å². The van der Waals surface area contributed by atoms with Crippen molar-refractivity contribution in [2.75, 3.05) is 33.7 Å². The van der Waals surface area contributed by atoms with Gasteiger partial charge in [0.15, 0.2) is 5.76 Å². The Kier molecular flexibility index (Phi) is 7.80. The van der Waals surface area contributed by atoms with E-state index in [-0.39, 0.29) is 0 Å². The first-order chi connectivity index (χ1) is 9.56. The summed E-state index contributed by atoms with van der Waals surface area (Å²) in [4.78, 5) is 4.62. The summed E-state index contributed by atoms with van der Waals surface area (Å²) < 4.78 is 5.44. The van der Waals surface area contributed by atoms with Crippen LogP contribution < -0.4 is 5.32 Å². The molecule has 1 unspecified atom stereocenters. The average Bonchev–Trinajstić information content (AvgIpc) is 2.83. The Morgan fingerprint density at radius 2 is 2.10 bits per heavy atom. The maximum atomic E-state index is 5.44. The van der Waals surface area contributed by atoms with Gasteiger partial charge in [-0.25, -0.2) is 0 Å². The van der Waals surface area contributed by atoms with Crippen molar-refractivity contribution in [3.63, 3.8) is 0 Å². The Hall–Kier alpha value is -0.910. The van der Waals surface area contributed by atoms with Gasteiger partial charge in [0.2, 0.25) is 0 Å². The fourth-order valence-corrected chi connectivity index (χ4v) is 2.33. The molecule has 0 aliphatic heterocycles. The minimum absolute atomic E-state index is 0.502. The second kappa shape index (κ2) is 9.10. The van der Waals surface area contributed by atoms with Gasteiger partial charge in [-0.3, -0.25) is 4.90 Å². The first-order valence-corrected chi connectivity index (χ1v) is 7.60. The lowest BCUT2D eigenvalue weighted by Crippen LogP contribution is -2.39. The second-order valence-corrected chi connectivity index (χ2v) is 5.64. The molecule has 1 atom stereocenters. The first kappa shape index (κ1) is 17.1. The Morgan fingerprint density at radius 1 is 1.35 bits per heavy atom. The molecule has 20 heavy (non-hydrogen) atoms. The zero-order valence-electron chi connectivity index (χ0n) is 13.6. The van der Waals surface area contributed by atoms with E-state index in [1.165, 1.54) is 0 Å². The molecule has 5 heteroatoms. The van der Waals surface area contributed by atoms with Gasteiger partial charge in [-0.15, -0.1) is 0 Å². The van der Waals surface area contributed by atoms with Crippen molar-refractivity contribution in [3.05, 3.63) is 17.5 Å². The molecular formula is C15H30N4O. The van der Waals surface area contributed by atoms with E-state index in [9.17, 15) is 0 Å². The van der Waals surface area contributed by atoms with Crippen LogP contribution in [0.1, 0.15) is 38.6 Å². The topological polar surface area (TPSA) is 44.5 Å². The molecule has 0 saturated carbocycles. The summed E-state index contributed by atoms with van der Waals surface area (Å²) in [5.41, 5.74) is 0.991. The molecule has 1 N–H and O–H groups in total. The van der Waals surface area contributed by atoms with Crippen LogP contribution in [0.4, 0.5) is 0 Å². The van der Waals surface area contributed by atoms with Crippen molar-refractivity contribution < 1.29 is 4.52 Å². The maximum absolute atomic E-state index is 5.44. The molecule has 0 bridgehead atoms. The van der Waals surface area contributed by atoms with E-state index in [2.05, 4.69) is 61.2 Å². The van der Waals surface area contributed by atoms with Crippen molar-refractivity contribution >= 4 is 0 Å². The zero-order valence-corrected chi connectivity index (χ0v) is 13.6. The van der Waals surface area contributed by atoms with Gasteiger partial charge < -0.3 is 14.7 Å². The third kappa shape index (κ3) is 6.03. The van der Waals surface area contributed by atoms with Crippen molar-refractivity contribution in [3.8, 4) is 0 Å². The molecule has 0 radical (unpaired) electrons. The number of hydrogen-bond acceptors (Lipinski definition) is 5. The summed E-state index contributed by atoms with van der Waals surface area (Å²) in [5.74, 6) is 0.950. The molecule has 0 aliphatic rings. The van der Waals surface area contributed by atoms with Gasteiger partial charge in [-0.05, 0) is 40.5 Å². The van der Waals surface area contributed by atoms with Crippen LogP contribution in [0.15, 0.2) is 10.6 Å². The number of nitrogens with zero attached hydrogens (tertiary/aromatic N) is 3. The largest absolute Gasteiger partial charge is 0.360 e. The Bertz CT molecular complexity index is 365. The molecule has 1 heterocycles. The van der Waals surface area contributed by atoms with Gasteiger partial charge >= 0.3 is 0 Å². The van der Waals surface area contributed by atoms with Crippen molar-refractivity contribution in [1.29, 1.82) is 0 Å². The van der Waals surface area contributed by atoms with Crippen molar-refractivity contribution in [1.82, 2.24) is 20.3 Å². The molecule has 0 aromatic carbocycles. The van der Waals surface area contributed by atoms with Gasteiger partial charge in [0.05, 0.1) is 12.2 Å². The van der Waals surface area contributed by atoms with E-state index >= 15 is 0 Å². The van der Waals surface area contributed by atoms with E-state index in [0.29, 0.717) is 6.04 Å². The fourth-order valence-electron chi connectivity index (χ4n) is 2.33. The fraction of sp³-hybridized carbons (Fsp3) is 0.800. The smallest absolute Gasteiger partial charge is 0.151 e. The molecule has 1 aromatic heterocycles. The SMILES string of the molecule is CCCNCc1cc(CN(CC)C(C)CN(C)C)on1. The minimum atomic E-state index is 0.502. The van der Waals surface area contributed by atoms with Crippen LogP contribution in [0.5, 0.6) is 0 Å². The molecule has 116 valence electrons. The summed E-state index contributed by atoms with van der Waals surface area (Å²) in [5, 5.41) is 7.46. The van der Waals surface area contributed by atoms with Gasteiger partial charge in [-0.1, -0.05) is 19.0 Å². The highest BCUT2D eigenvalue weighted by Crippen LogP contribution is 2.10. The molecule has 0 fully saturated rings. The lowest BCUT2D eigenvalue weighted by atomic mass is 10.2. The Labute approximate surface area is 123 Å². The van der Waals surface area contributed by atoms with Crippen LogP contribution >= 0.6 is 0 Å². The van der Waals surface area contributed by atoms with Crippen molar-refractivity contribution in [2.24, 2.45) is 0 Å². The van der Waals surface area contributed by atoms with E-state index in [1.807, 2.05) is 0 Å². The molecule has 1 rings (SSSR count). The summed E-state index contributed by atoms with van der Waals surface area (Å²) in [6.45, 7) is 11.3. The summed E-state index contributed by atoms with van der Waals surface area (Å²) in [7, 11) is 4.21. The van der Waals surface area contributed by atoms with Gasteiger partial charge in [0, 0.05) is 25.2 Å². The number of nitrogens with one attached hydrogen (secondary N) is 1. The number of rotatable bonds is 10. The zero-order chi connectivity index (χ0) is 15.0.